The predicted molar refractivity (Wildman–Crippen MR) is 175 cm³/mol. The number of hydrogen-bond acceptors (Lipinski definition) is 11. The van der Waals surface area contributed by atoms with Gasteiger partial charge in [-0.2, -0.15) is 0 Å². The molecule has 0 saturated carbocycles. The molecule has 246 valence electrons. The second-order valence-corrected chi connectivity index (χ2v) is 9.77. The molecule has 11 nitrogen and oxygen atoms in total. The molecule has 0 N–H and O–H groups in total. The molecule has 3 rings (SSSR count). The molecule has 0 unspecified atom stereocenters. The molecule has 47 heavy (non-hydrogen) atoms. The molecule has 0 aliphatic rings. The summed E-state index contributed by atoms with van der Waals surface area (Å²) in [5.41, 5.74) is 1.54. The fourth-order valence-electron chi connectivity index (χ4n) is 3.85. The monoisotopic (exact) mass is 643 g/mol. The second kappa shape index (κ2) is 19.6. The van der Waals surface area contributed by atoms with Gasteiger partial charge in [0, 0.05) is 18.4 Å². The first kappa shape index (κ1) is 35.8. The minimum Gasteiger partial charge on any atom is -0.494 e. The quantitative estimate of drug-likeness (QED) is 0.0370. The number of ether oxygens (including phenoxy) is 6. The third-order valence-corrected chi connectivity index (χ3v) is 6.34. The van der Waals surface area contributed by atoms with Crippen molar-refractivity contribution < 1.29 is 47.6 Å². The number of benzene rings is 3. The van der Waals surface area contributed by atoms with Crippen molar-refractivity contribution >= 4 is 35.8 Å². The average Bonchev–Trinajstić information content (AvgIpc) is 3.10. The number of nitrogens with zero attached hydrogens (tertiary/aromatic N) is 1. The summed E-state index contributed by atoms with van der Waals surface area (Å²) in [5.74, 6) is -0.979. The van der Waals surface area contributed by atoms with Gasteiger partial charge < -0.3 is 28.4 Å². The molecule has 0 spiro atoms. The zero-order chi connectivity index (χ0) is 33.9. The number of hydrogen-bond donors (Lipinski definition) is 0. The lowest BCUT2D eigenvalue weighted by Gasteiger charge is -2.10. The van der Waals surface area contributed by atoms with Crippen LogP contribution in [0.15, 0.2) is 97.0 Å². The average molecular weight is 644 g/mol. The Morgan fingerprint density at radius 3 is 1.74 bits per heavy atom. The molecule has 0 aliphatic carbocycles. The fraction of sp³-hybridized carbons (Fsp3) is 0.250. The Kier molecular flexibility index (Phi) is 14.9. The molecule has 0 radical (unpaired) electrons. The van der Waals surface area contributed by atoms with Crippen LogP contribution in [-0.2, 0) is 23.8 Å². The lowest BCUT2D eigenvalue weighted by Crippen LogP contribution is -2.12. The molecular weight excluding hydrogens is 606 g/mol. The molecule has 11 heteroatoms. The van der Waals surface area contributed by atoms with Gasteiger partial charge >= 0.3 is 23.9 Å². The van der Waals surface area contributed by atoms with Crippen LogP contribution in [0.2, 0.25) is 0 Å². The van der Waals surface area contributed by atoms with Crippen LogP contribution in [0.1, 0.15) is 52.0 Å². The normalized spacial score (nSPS) is 10.5. The van der Waals surface area contributed by atoms with Crippen LogP contribution in [0.5, 0.6) is 17.2 Å². The first-order valence-electron chi connectivity index (χ1n) is 14.9. The Morgan fingerprint density at radius 1 is 0.681 bits per heavy atom. The Morgan fingerprint density at radius 2 is 1.21 bits per heavy atom. The van der Waals surface area contributed by atoms with E-state index in [1.807, 2.05) is 24.3 Å². The maximum absolute atomic E-state index is 12.8. The van der Waals surface area contributed by atoms with E-state index >= 15 is 0 Å². The van der Waals surface area contributed by atoms with Gasteiger partial charge in [0.05, 0.1) is 44.8 Å². The van der Waals surface area contributed by atoms with E-state index < -0.39 is 23.9 Å². The smallest absolute Gasteiger partial charge is 0.343 e. The third kappa shape index (κ3) is 12.7. The van der Waals surface area contributed by atoms with Crippen molar-refractivity contribution in [2.75, 3.05) is 33.5 Å². The molecule has 0 saturated heterocycles. The van der Waals surface area contributed by atoms with Crippen molar-refractivity contribution in [1.82, 2.24) is 0 Å². The van der Waals surface area contributed by atoms with Crippen molar-refractivity contribution in [3.05, 3.63) is 109 Å². The molecular formula is C36H37NO10. The van der Waals surface area contributed by atoms with Gasteiger partial charge in [0.2, 0.25) is 0 Å². The summed E-state index contributed by atoms with van der Waals surface area (Å²) >= 11 is 0. The van der Waals surface area contributed by atoms with Crippen LogP contribution in [0.4, 0.5) is 5.69 Å². The highest BCUT2D eigenvalue weighted by Crippen LogP contribution is 2.27. The SMILES string of the molecule is C=CC(=O)OCCCCOc1ccc(C=Nc2ccc(OC(=O)c3ccc(OCCCCOC(=O)C=C)cc3)c(C(=O)OC)c2)cc1. The number of methoxy groups -OCH3 is 1. The number of aliphatic imine (C=N–C) groups is 1. The topological polar surface area (TPSA) is 136 Å². The summed E-state index contributed by atoms with van der Waals surface area (Å²) in [6.07, 6.45) is 6.59. The number of carbonyl (C=O) groups is 4. The van der Waals surface area contributed by atoms with E-state index in [1.165, 1.54) is 19.2 Å². The van der Waals surface area contributed by atoms with Gasteiger partial charge in [0.25, 0.3) is 0 Å². The molecule has 0 fully saturated rings. The first-order chi connectivity index (χ1) is 22.8. The highest BCUT2D eigenvalue weighted by molar-refractivity contribution is 5.97. The molecule has 0 aromatic heterocycles. The summed E-state index contributed by atoms with van der Waals surface area (Å²) in [6.45, 7) is 8.18. The summed E-state index contributed by atoms with van der Waals surface area (Å²) < 4.78 is 31.6. The van der Waals surface area contributed by atoms with Crippen molar-refractivity contribution in [3.8, 4) is 17.2 Å². The van der Waals surface area contributed by atoms with Crippen LogP contribution in [-0.4, -0.2) is 63.6 Å². The van der Waals surface area contributed by atoms with E-state index in [9.17, 15) is 19.2 Å². The zero-order valence-corrected chi connectivity index (χ0v) is 26.2. The Bertz CT molecular complexity index is 1540. The van der Waals surface area contributed by atoms with E-state index in [1.54, 1.807) is 36.5 Å². The van der Waals surface area contributed by atoms with Crippen LogP contribution in [0.25, 0.3) is 0 Å². The highest BCUT2D eigenvalue weighted by Gasteiger charge is 2.18. The van der Waals surface area contributed by atoms with Gasteiger partial charge in [0.1, 0.15) is 22.8 Å². The Balaban J connectivity index is 1.52. The number of rotatable bonds is 19. The van der Waals surface area contributed by atoms with E-state index in [4.69, 9.17) is 28.4 Å². The van der Waals surface area contributed by atoms with Gasteiger partial charge in [0.15, 0.2) is 0 Å². The van der Waals surface area contributed by atoms with Gasteiger partial charge in [-0.3, -0.25) is 4.99 Å². The Hall–Kier alpha value is -5.71. The predicted octanol–water partition coefficient (Wildman–Crippen LogP) is 6.22. The van der Waals surface area contributed by atoms with Crippen molar-refractivity contribution in [2.45, 2.75) is 25.7 Å². The van der Waals surface area contributed by atoms with Gasteiger partial charge in [-0.15, -0.1) is 0 Å². The number of esters is 4. The lowest BCUT2D eigenvalue weighted by molar-refractivity contribution is -0.138. The third-order valence-electron chi connectivity index (χ3n) is 6.34. The van der Waals surface area contributed by atoms with Crippen LogP contribution >= 0.6 is 0 Å². The summed E-state index contributed by atoms with van der Waals surface area (Å²) in [6, 6.07) is 18.3. The van der Waals surface area contributed by atoms with Gasteiger partial charge in [-0.1, -0.05) is 13.2 Å². The number of carbonyl (C=O) groups excluding carboxylic acids is 4. The van der Waals surface area contributed by atoms with E-state index in [2.05, 4.69) is 18.2 Å². The molecule has 0 amide bonds. The van der Waals surface area contributed by atoms with Crippen molar-refractivity contribution in [2.24, 2.45) is 4.99 Å². The van der Waals surface area contributed by atoms with Gasteiger partial charge in [-0.05, 0) is 98.0 Å². The second-order valence-electron chi connectivity index (χ2n) is 9.77. The standard InChI is InChI=1S/C36H37NO10/c1-4-33(38)45-22-8-6-20-43-29-15-10-26(11-16-29)25-37-28-14-19-32(31(24-28)36(41)42-3)47-35(40)27-12-17-30(18-13-27)44-21-7-9-23-46-34(39)5-2/h4-5,10-19,24-25H,1-2,6-9,20-23H2,3H3. The highest BCUT2D eigenvalue weighted by atomic mass is 16.5. The molecule has 0 atom stereocenters. The maximum atomic E-state index is 12.8. The van der Waals surface area contributed by atoms with E-state index in [0.29, 0.717) is 56.3 Å². The molecule has 3 aromatic rings. The Labute approximate surface area is 273 Å². The van der Waals surface area contributed by atoms with E-state index in [0.717, 1.165) is 24.1 Å². The summed E-state index contributed by atoms with van der Waals surface area (Å²) in [4.78, 5) is 51.9. The first-order valence-corrected chi connectivity index (χ1v) is 14.9. The van der Waals surface area contributed by atoms with Crippen molar-refractivity contribution in [3.63, 3.8) is 0 Å². The van der Waals surface area contributed by atoms with Crippen LogP contribution in [0.3, 0.4) is 0 Å². The van der Waals surface area contributed by atoms with Crippen LogP contribution < -0.4 is 14.2 Å². The molecule has 3 aromatic carbocycles. The number of unbranched alkanes of at least 4 members (excludes halogenated alkanes) is 2. The maximum Gasteiger partial charge on any atom is 0.343 e. The van der Waals surface area contributed by atoms with Crippen molar-refractivity contribution in [1.29, 1.82) is 0 Å². The molecule has 0 heterocycles. The van der Waals surface area contributed by atoms with Crippen LogP contribution in [0, 0.1) is 0 Å². The van der Waals surface area contributed by atoms with Gasteiger partial charge in [-0.25, -0.2) is 19.2 Å². The molecule has 0 aliphatic heterocycles. The molecule has 0 bridgehead atoms. The summed E-state index contributed by atoms with van der Waals surface area (Å²) in [5, 5.41) is 0. The minimum absolute atomic E-state index is 0.0265. The minimum atomic E-state index is -0.687. The zero-order valence-electron chi connectivity index (χ0n) is 26.2. The summed E-state index contributed by atoms with van der Waals surface area (Å²) in [7, 11) is 1.23. The fourth-order valence-corrected chi connectivity index (χ4v) is 3.85. The lowest BCUT2D eigenvalue weighted by atomic mass is 10.1. The largest absolute Gasteiger partial charge is 0.494 e. The van der Waals surface area contributed by atoms with E-state index in [-0.39, 0.29) is 23.5 Å².